The summed E-state index contributed by atoms with van der Waals surface area (Å²) < 4.78 is 0. The van der Waals surface area contributed by atoms with Crippen LogP contribution in [-0.2, 0) is 6.42 Å². The first-order valence-electron chi connectivity index (χ1n) is 6.38. The van der Waals surface area contributed by atoms with Crippen LogP contribution in [0.2, 0.25) is 5.15 Å². The van der Waals surface area contributed by atoms with Crippen molar-refractivity contribution in [3.63, 3.8) is 0 Å². The molecule has 0 spiro atoms. The number of aryl methyl sites for hydroxylation is 1. The van der Waals surface area contributed by atoms with Crippen molar-refractivity contribution in [2.24, 2.45) is 11.8 Å². The topological polar surface area (TPSA) is 37.8 Å². The van der Waals surface area contributed by atoms with Crippen molar-refractivity contribution >= 4 is 17.4 Å². The van der Waals surface area contributed by atoms with Crippen molar-refractivity contribution in [1.82, 2.24) is 9.97 Å². The standard InChI is InChI=1S/C13H20ClN3/c1-4-11-16-12(14)9(3)13(17-11)15-7-8(2)10-5-6-10/h8,10H,4-7H2,1-3H3,(H,15,16,17). The first-order chi connectivity index (χ1) is 8.11. The maximum atomic E-state index is 6.10. The van der Waals surface area contributed by atoms with Gasteiger partial charge in [0.15, 0.2) is 0 Å². The largest absolute Gasteiger partial charge is 0.369 e. The fourth-order valence-corrected chi connectivity index (χ4v) is 2.14. The normalized spacial score (nSPS) is 16.9. The highest BCUT2D eigenvalue weighted by Crippen LogP contribution is 2.36. The van der Waals surface area contributed by atoms with Crippen molar-refractivity contribution in [1.29, 1.82) is 0 Å². The molecule has 1 saturated carbocycles. The Balaban J connectivity index is 2.05. The summed E-state index contributed by atoms with van der Waals surface area (Å²) in [6, 6.07) is 0. The van der Waals surface area contributed by atoms with Gasteiger partial charge in [0.05, 0.1) is 0 Å². The van der Waals surface area contributed by atoms with Gasteiger partial charge in [-0.25, -0.2) is 9.97 Å². The van der Waals surface area contributed by atoms with Gasteiger partial charge in [0.25, 0.3) is 0 Å². The highest BCUT2D eigenvalue weighted by atomic mass is 35.5. The molecule has 0 saturated heterocycles. The quantitative estimate of drug-likeness (QED) is 0.817. The van der Waals surface area contributed by atoms with Gasteiger partial charge in [0.2, 0.25) is 0 Å². The highest BCUT2D eigenvalue weighted by Gasteiger charge is 2.27. The van der Waals surface area contributed by atoms with Gasteiger partial charge in [-0.2, -0.15) is 0 Å². The molecular formula is C13H20ClN3. The summed E-state index contributed by atoms with van der Waals surface area (Å²) in [4.78, 5) is 8.74. The van der Waals surface area contributed by atoms with Crippen LogP contribution in [-0.4, -0.2) is 16.5 Å². The van der Waals surface area contributed by atoms with Gasteiger partial charge in [0, 0.05) is 18.5 Å². The summed E-state index contributed by atoms with van der Waals surface area (Å²) in [5.41, 5.74) is 0.951. The monoisotopic (exact) mass is 253 g/mol. The number of rotatable bonds is 5. The Morgan fingerprint density at radius 1 is 1.41 bits per heavy atom. The third-order valence-corrected chi connectivity index (χ3v) is 3.84. The highest BCUT2D eigenvalue weighted by molar-refractivity contribution is 6.30. The summed E-state index contributed by atoms with van der Waals surface area (Å²) >= 11 is 6.10. The van der Waals surface area contributed by atoms with Crippen LogP contribution in [0.15, 0.2) is 0 Å². The van der Waals surface area contributed by atoms with E-state index in [2.05, 4.69) is 22.2 Å². The van der Waals surface area contributed by atoms with E-state index >= 15 is 0 Å². The number of halogens is 1. The number of aromatic nitrogens is 2. The lowest BCUT2D eigenvalue weighted by atomic mass is 10.1. The van der Waals surface area contributed by atoms with Crippen LogP contribution in [0, 0.1) is 18.8 Å². The molecule has 4 heteroatoms. The second kappa shape index (κ2) is 5.21. The second-order valence-electron chi connectivity index (χ2n) is 4.95. The Kier molecular flexibility index (Phi) is 3.87. The molecule has 1 N–H and O–H groups in total. The zero-order chi connectivity index (χ0) is 12.4. The Morgan fingerprint density at radius 2 is 2.12 bits per heavy atom. The van der Waals surface area contributed by atoms with E-state index in [1.807, 2.05) is 13.8 Å². The van der Waals surface area contributed by atoms with Crippen LogP contribution in [0.4, 0.5) is 5.82 Å². The molecule has 1 aromatic heterocycles. The van der Waals surface area contributed by atoms with Gasteiger partial charge >= 0.3 is 0 Å². The Labute approximate surface area is 108 Å². The molecule has 1 heterocycles. The van der Waals surface area contributed by atoms with E-state index in [1.54, 1.807) is 0 Å². The molecule has 2 rings (SSSR count). The molecule has 1 aromatic rings. The molecule has 1 unspecified atom stereocenters. The first kappa shape index (κ1) is 12.6. The summed E-state index contributed by atoms with van der Waals surface area (Å²) in [5, 5.41) is 3.98. The average molecular weight is 254 g/mol. The molecule has 0 amide bonds. The van der Waals surface area contributed by atoms with Crippen molar-refractivity contribution in [2.45, 2.75) is 40.0 Å². The second-order valence-corrected chi connectivity index (χ2v) is 5.31. The third kappa shape index (κ3) is 3.09. The van der Waals surface area contributed by atoms with Gasteiger partial charge in [-0.1, -0.05) is 25.4 Å². The maximum Gasteiger partial charge on any atom is 0.137 e. The lowest BCUT2D eigenvalue weighted by Gasteiger charge is -2.14. The van der Waals surface area contributed by atoms with Crippen molar-refractivity contribution in [2.75, 3.05) is 11.9 Å². The van der Waals surface area contributed by atoms with Crippen LogP contribution in [0.3, 0.4) is 0 Å². The van der Waals surface area contributed by atoms with E-state index in [4.69, 9.17) is 11.6 Å². The third-order valence-electron chi connectivity index (χ3n) is 3.47. The minimum absolute atomic E-state index is 0.568. The van der Waals surface area contributed by atoms with E-state index < -0.39 is 0 Å². The molecule has 0 bridgehead atoms. The SMILES string of the molecule is CCc1nc(Cl)c(C)c(NCC(C)C2CC2)n1. The van der Waals surface area contributed by atoms with Crippen molar-refractivity contribution < 1.29 is 0 Å². The Morgan fingerprint density at radius 3 is 2.71 bits per heavy atom. The molecule has 1 atom stereocenters. The van der Waals surface area contributed by atoms with Gasteiger partial charge < -0.3 is 5.32 Å². The number of hydrogen-bond acceptors (Lipinski definition) is 3. The summed E-state index contributed by atoms with van der Waals surface area (Å²) in [6.45, 7) is 7.27. The fourth-order valence-electron chi connectivity index (χ4n) is 1.95. The minimum Gasteiger partial charge on any atom is -0.369 e. The van der Waals surface area contributed by atoms with E-state index in [-0.39, 0.29) is 0 Å². The van der Waals surface area contributed by atoms with E-state index in [1.165, 1.54) is 12.8 Å². The van der Waals surface area contributed by atoms with Crippen LogP contribution >= 0.6 is 11.6 Å². The summed E-state index contributed by atoms with van der Waals surface area (Å²) in [5.74, 6) is 3.33. The van der Waals surface area contributed by atoms with Crippen LogP contribution in [0.1, 0.15) is 38.1 Å². The zero-order valence-electron chi connectivity index (χ0n) is 10.8. The average Bonchev–Trinajstić information content (AvgIpc) is 3.14. The molecule has 3 nitrogen and oxygen atoms in total. The van der Waals surface area contributed by atoms with Gasteiger partial charge in [-0.05, 0) is 31.6 Å². The Bertz CT molecular complexity index is 402. The van der Waals surface area contributed by atoms with Crippen LogP contribution < -0.4 is 5.32 Å². The van der Waals surface area contributed by atoms with Crippen LogP contribution in [0.25, 0.3) is 0 Å². The Hall–Kier alpha value is -0.830. The molecular weight excluding hydrogens is 234 g/mol. The molecule has 1 fully saturated rings. The minimum atomic E-state index is 0.568. The van der Waals surface area contributed by atoms with E-state index in [0.717, 1.165) is 36.1 Å². The van der Waals surface area contributed by atoms with E-state index in [0.29, 0.717) is 11.1 Å². The molecule has 94 valence electrons. The molecule has 0 aromatic carbocycles. The summed E-state index contributed by atoms with van der Waals surface area (Å²) in [6.07, 6.45) is 3.58. The predicted molar refractivity (Wildman–Crippen MR) is 71.5 cm³/mol. The fraction of sp³-hybridized carbons (Fsp3) is 0.692. The van der Waals surface area contributed by atoms with Gasteiger partial charge in [0.1, 0.15) is 16.8 Å². The molecule has 1 aliphatic rings. The van der Waals surface area contributed by atoms with E-state index in [9.17, 15) is 0 Å². The van der Waals surface area contributed by atoms with Crippen LogP contribution in [0.5, 0.6) is 0 Å². The number of nitrogens with zero attached hydrogens (tertiary/aromatic N) is 2. The van der Waals surface area contributed by atoms with Crippen molar-refractivity contribution in [3.8, 4) is 0 Å². The molecule has 0 aliphatic heterocycles. The van der Waals surface area contributed by atoms with Crippen molar-refractivity contribution in [3.05, 3.63) is 16.5 Å². The molecule has 17 heavy (non-hydrogen) atoms. The summed E-state index contributed by atoms with van der Waals surface area (Å²) in [7, 11) is 0. The number of hydrogen-bond donors (Lipinski definition) is 1. The number of nitrogens with one attached hydrogen (secondary N) is 1. The zero-order valence-corrected chi connectivity index (χ0v) is 11.5. The van der Waals surface area contributed by atoms with Gasteiger partial charge in [-0.3, -0.25) is 0 Å². The van der Waals surface area contributed by atoms with Gasteiger partial charge in [-0.15, -0.1) is 0 Å². The predicted octanol–water partition coefficient (Wildman–Crippen LogP) is 3.46. The number of anilines is 1. The lowest BCUT2D eigenvalue weighted by molar-refractivity contribution is 0.535. The first-order valence-corrected chi connectivity index (χ1v) is 6.76. The smallest absolute Gasteiger partial charge is 0.137 e. The molecule has 1 aliphatic carbocycles. The lowest BCUT2D eigenvalue weighted by Crippen LogP contribution is -2.15. The maximum absolute atomic E-state index is 6.10. The molecule has 0 radical (unpaired) electrons.